The van der Waals surface area contributed by atoms with E-state index in [1.807, 2.05) is 0 Å². The Kier molecular flexibility index (Phi) is 7.13. The largest absolute Gasteiger partial charge is 0.494 e. The zero-order valence-corrected chi connectivity index (χ0v) is 13.4. The van der Waals surface area contributed by atoms with Gasteiger partial charge in [-0.15, -0.1) is 0 Å². The second kappa shape index (κ2) is 8.83. The summed E-state index contributed by atoms with van der Waals surface area (Å²) in [6.45, 7) is 1.79. The second-order valence-corrected chi connectivity index (χ2v) is 5.68. The van der Waals surface area contributed by atoms with Crippen molar-refractivity contribution in [2.75, 3.05) is 30.5 Å². The van der Waals surface area contributed by atoms with E-state index >= 15 is 0 Å². The highest BCUT2D eigenvalue weighted by Gasteiger charge is 2.16. The molecular weight excluding hydrogens is 328 g/mol. The first kappa shape index (κ1) is 18.6. The first-order chi connectivity index (χ1) is 10.9. The van der Waals surface area contributed by atoms with E-state index in [2.05, 4.69) is 10.1 Å². The molecule has 0 saturated heterocycles. The summed E-state index contributed by atoms with van der Waals surface area (Å²) < 4.78 is 21.3. The zero-order valence-electron chi connectivity index (χ0n) is 12.6. The topological polar surface area (TPSA) is 125 Å². The number of rotatable bonds is 8. The van der Waals surface area contributed by atoms with E-state index in [0.29, 0.717) is 0 Å². The molecule has 1 amide bonds. The molecule has 0 fully saturated rings. The molecule has 9 nitrogen and oxygen atoms in total. The second-order valence-electron chi connectivity index (χ2n) is 4.22. The summed E-state index contributed by atoms with van der Waals surface area (Å²) >= 11 is 0. The Balaban J connectivity index is 2.68. The molecule has 126 valence electrons. The van der Waals surface area contributed by atoms with Gasteiger partial charge in [0.15, 0.2) is 0 Å². The summed E-state index contributed by atoms with van der Waals surface area (Å²) in [4.78, 5) is 33.1. The molecular formula is C13H16N2O7S. The van der Waals surface area contributed by atoms with Crippen LogP contribution < -0.4 is 10.1 Å². The molecule has 0 aromatic heterocycles. The average molecular weight is 344 g/mol. The van der Waals surface area contributed by atoms with Crippen LogP contribution in [-0.2, 0) is 25.1 Å². The quantitative estimate of drug-likeness (QED) is 0.421. The molecule has 10 heteroatoms. The van der Waals surface area contributed by atoms with Gasteiger partial charge in [0, 0.05) is 16.9 Å². The first-order valence-electron chi connectivity index (χ1n) is 6.50. The molecule has 0 unspecified atom stereocenters. The highest BCUT2D eigenvalue weighted by molar-refractivity contribution is 7.86. The summed E-state index contributed by atoms with van der Waals surface area (Å²) in [6.07, 6.45) is 0. The molecule has 1 aromatic carbocycles. The number of carbonyl (C=O) groups excluding carboxylic acids is 2. The summed E-state index contributed by atoms with van der Waals surface area (Å²) in [5, 5.41) is 13.1. The smallest absolute Gasteiger partial charge is 0.318 e. The van der Waals surface area contributed by atoms with Crippen LogP contribution >= 0.6 is 0 Å². The number of benzene rings is 1. The molecule has 1 N–H and O–H groups in total. The third-order valence-corrected chi connectivity index (χ3v) is 3.69. The van der Waals surface area contributed by atoms with Crippen LogP contribution in [0.5, 0.6) is 5.75 Å². The number of anilines is 1. The van der Waals surface area contributed by atoms with Crippen LogP contribution in [0.3, 0.4) is 0 Å². The van der Waals surface area contributed by atoms with Gasteiger partial charge in [-0.25, -0.2) is 0 Å². The summed E-state index contributed by atoms with van der Waals surface area (Å²) in [5.74, 6) is -1.94. The minimum atomic E-state index is -1.71. The number of nitro benzene ring substituents is 1. The number of esters is 1. The predicted octanol–water partition coefficient (Wildman–Crippen LogP) is 0.854. The number of methoxy groups -OCH3 is 1. The minimum absolute atomic E-state index is 0.101. The van der Waals surface area contributed by atoms with E-state index in [1.54, 1.807) is 6.92 Å². The van der Waals surface area contributed by atoms with Gasteiger partial charge >= 0.3 is 5.97 Å². The number of non-ortho nitro benzene ring substituents is 1. The van der Waals surface area contributed by atoms with Crippen molar-refractivity contribution < 1.29 is 28.2 Å². The fraction of sp³-hybridized carbons (Fsp3) is 0.385. The minimum Gasteiger partial charge on any atom is -0.494 e. The number of nitrogens with one attached hydrogen (secondary N) is 1. The van der Waals surface area contributed by atoms with Crippen molar-refractivity contribution in [3.05, 3.63) is 28.3 Å². The Morgan fingerprint density at radius 3 is 2.61 bits per heavy atom. The number of hydrogen-bond acceptors (Lipinski definition) is 7. The SMILES string of the molecule is CCOC(=O)C[S@](=O)CC(=O)Nc1ccc([N+](=O)[O-])cc1OC. The molecule has 1 rings (SSSR count). The van der Waals surface area contributed by atoms with Crippen molar-refractivity contribution in [2.45, 2.75) is 6.92 Å². The Morgan fingerprint density at radius 2 is 2.04 bits per heavy atom. The van der Waals surface area contributed by atoms with Crippen molar-refractivity contribution in [3.63, 3.8) is 0 Å². The average Bonchev–Trinajstić information content (AvgIpc) is 2.47. The Bertz CT molecular complexity index is 633. The van der Waals surface area contributed by atoms with E-state index < -0.39 is 33.4 Å². The number of amides is 1. The van der Waals surface area contributed by atoms with Crippen molar-refractivity contribution in [1.29, 1.82) is 0 Å². The van der Waals surface area contributed by atoms with E-state index in [1.165, 1.54) is 19.2 Å². The van der Waals surface area contributed by atoms with Crippen LogP contribution in [0, 0.1) is 10.1 Å². The fourth-order valence-electron chi connectivity index (χ4n) is 1.61. The third kappa shape index (κ3) is 6.02. The molecule has 0 bridgehead atoms. The first-order valence-corrected chi connectivity index (χ1v) is 7.99. The van der Waals surface area contributed by atoms with Gasteiger partial charge in [-0.2, -0.15) is 0 Å². The summed E-state index contributed by atoms with van der Waals surface area (Å²) in [7, 11) is -0.412. The Morgan fingerprint density at radius 1 is 1.35 bits per heavy atom. The summed E-state index contributed by atoms with van der Waals surface area (Å²) in [5.41, 5.74) is 0.0157. The Labute approximate surface area is 134 Å². The summed E-state index contributed by atoms with van der Waals surface area (Å²) in [6, 6.07) is 3.67. The standard InChI is InChI=1S/C13H16N2O7S/c1-3-22-13(17)8-23(20)7-12(16)14-10-5-4-9(15(18)19)6-11(10)21-2/h4-6H,3,7-8H2,1-2H3,(H,14,16)/t23-/m1/s1. The maximum Gasteiger partial charge on any atom is 0.318 e. The lowest BCUT2D eigenvalue weighted by atomic mass is 10.2. The lowest BCUT2D eigenvalue weighted by molar-refractivity contribution is -0.384. The van der Waals surface area contributed by atoms with E-state index in [0.717, 1.165) is 6.07 Å². The normalized spacial score (nSPS) is 11.4. The van der Waals surface area contributed by atoms with E-state index in [-0.39, 0.29) is 29.5 Å². The molecule has 0 aliphatic carbocycles. The molecule has 0 spiro atoms. The predicted molar refractivity (Wildman–Crippen MR) is 82.8 cm³/mol. The van der Waals surface area contributed by atoms with Crippen LogP contribution in [0.1, 0.15) is 6.92 Å². The molecule has 1 aromatic rings. The molecule has 0 radical (unpaired) electrons. The van der Waals surface area contributed by atoms with Crippen LogP contribution in [0.15, 0.2) is 18.2 Å². The zero-order chi connectivity index (χ0) is 17.4. The highest BCUT2D eigenvalue weighted by atomic mass is 32.2. The van der Waals surface area contributed by atoms with Crippen molar-refractivity contribution in [2.24, 2.45) is 0 Å². The van der Waals surface area contributed by atoms with Crippen molar-refractivity contribution in [3.8, 4) is 5.75 Å². The van der Waals surface area contributed by atoms with Gasteiger partial charge in [-0.05, 0) is 13.0 Å². The molecule has 0 aliphatic heterocycles. The molecule has 0 heterocycles. The number of carbonyl (C=O) groups is 2. The molecule has 0 aliphatic rings. The van der Waals surface area contributed by atoms with Gasteiger partial charge in [0.1, 0.15) is 17.3 Å². The van der Waals surface area contributed by atoms with Crippen LogP contribution in [0.4, 0.5) is 11.4 Å². The lowest BCUT2D eigenvalue weighted by Gasteiger charge is -2.09. The van der Waals surface area contributed by atoms with Crippen molar-refractivity contribution >= 4 is 34.1 Å². The van der Waals surface area contributed by atoms with Gasteiger partial charge < -0.3 is 14.8 Å². The van der Waals surface area contributed by atoms with Crippen LogP contribution in [0.25, 0.3) is 0 Å². The van der Waals surface area contributed by atoms with Gasteiger partial charge in [0.25, 0.3) is 5.69 Å². The van der Waals surface area contributed by atoms with Gasteiger partial charge in [0.05, 0.1) is 30.4 Å². The van der Waals surface area contributed by atoms with Crippen molar-refractivity contribution in [1.82, 2.24) is 0 Å². The fourth-order valence-corrected chi connectivity index (χ4v) is 2.43. The van der Waals surface area contributed by atoms with Gasteiger partial charge in [-0.3, -0.25) is 23.9 Å². The Hall–Kier alpha value is -2.49. The number of hydrogen-bond donors (Lipinski definition) is 1. The maximum atomic E-state index is 11.8. The van der Waals surface area contributed by atoms with Gasteiger partial charge in [-0.1, -0.05) is 0 Å². The number of nitro groups is 1. The van der Waals surface area contributed by atoms with Crippen LogP contribution in [-0.4, -0.2) is 46.2 Å². The molecule has 0 saturated carbocycles. The highest BCUT2D eigenvalue weighted by Crippen LogP contribution is 2.28. The van der Waals surface area contributed by atoms with E-state index in [9.17, 15) is 23.9 Å². The number of ether oxygens (including phenoxy) is 2. The molecule has 23 heavy (non-hydrogen) atoms. The molecule has 1 atom stereocenters. The lowest BCUT2D eigenvalue weighted by Crippen LogP contribution is -2.24. The third-order valence-electron chi connectivity index (χ3n) is 2.55. The van der Waals surface area contributed by atoms with E-state index in [4.69, 9.17) is 4.74 Å². The van der Waals surface area contributed by atoms with Crippen LogP contribution in [0.2, 0.25) is 0 Å². The monoisotopic (exact) mass is 344 g/mol. The van der Waals surface area contributed by atoms with Gasteiger partial charge in [0.2, 0.25) is 5.91 Å². The maximum absolute atomic E-state index is 11.8. The number of nitrogens with zero attached hydrogens (tertiary/aromatic N) is 1.